The molecule has 18 heavy (non-hydrogen) atoms. The Hall–Kier alpha value is -2.76. The lowest BCUT2D eigenvalue weighted by molar-refractivity contribution is -0.386. The van der Waals surface area contributed by atoms with Crippen LogP contribution in [0.25, 0.3) is 11.1 Å². The highest BCUT2D eigenvalue weighted by molar-refractivity contribution is 5.80. The van der Waals surface area contributed by atoms with Crippen LogP contribution in [0.15, 0.2) is 48.3 Å². The predicted octanol–water partition coefficient (Wildman–Crippen LogP) is 3.17. The van der Waals surface area contributed by atoms with Gasteiger partial charge in [0.2, 0.25) is 0 Å². The molecule has 0 fully saturated rings. The van der Waals surface area contributed by atoms with Gasteiger partial charge in [-0.3, -0.25) is 20.2 Å². The van der Waals surface area contributed by atoms with Crippen molar-refractivity contribution in [2.75, 3.05) is 0 Å². The van der Waals surface area contributed by atoms with Gasteiger partial charge in [0.25, 0.3) is 11.4 Å². The SMILES string of the molecule is [2H]c1c([2H])c([2H])c([N+](=O)[O-])c(-c2c([2H])c([2H])c([2H])c([2H])c2[N+](=O)[O-])c1[2H]. The zero-order valence-corrected chi connectivity index (χ0v) is 8.53. The molecule has 0 aliphatic carbocycles. The van der Waals surface area contributed by atoms with E-state index in [1.54, 1.807) is 0 Å². The molecule has 0 heterocycles. The van der Waals surface area contributed by atoms with Crippen molar-refractivity contribution in [3.63, 3.8) is 0 Å². The minimum absolute atomic E-state index is 0.933. The Bertz CT molecular complexity index is 915. The first-order chi connectivity index (χ1) is 11.9. The molecule has 0 bridgehead atoms. The molecule has 0 saturated carbocycles. The Morgan fingerprint density at radius 1 is 0.778 bits per heavy atom. The third-order valence-corrected chi connectivity index (χ3v) is 1.95. The van der Waals surface area contributed by atoms with Crippen LogP contribution in [0.2, 0.25) is 0 Å². The normalized spacial score (nSPS) is 16.2. The van der Waals surface area contributed by atoms with Gasteiger partial charge in [0.05, 0.1) is 31.9 Å². The van der Waals surface area contributed by atoms with Crippen molar-refractivity contribution in [1.29, 1.82) is 0 Å². The van der Waals surface area contributed by atoms with E-state index in [9.17, 15) is 20.2 Å². The van der Waals surface area contributed by atoms with Crippen molar-refractivity contribution >= 4 is 11.4 Å². The van der Waals surface area contributed by atoms with E-state index in [1.165, 1.54) is 0 Å². The lowest BCUT2D eigenvalue weighted by Gasteiger charge is -2.03. The second-order valence-electron chi connectivity index (χ2n) is 2.96. The number of nitrogens with zero attached hydrogens (tertiary/aromatic N) is 2. The first-order valence-corrected chi connectivity index (χ1v) is 4.43. The zero-order chi connectivity index (χ0) is 20.1. The largest absolute Gasteiger partial charge is 0.277 e. The van der Waals surface area contributed by atoms with Crippen LogP contribution in [0.4, 0.5) is 11.4 Å². The van der Waals surface area contributed by atoms with E-state index in [0.717, 1.165) is 0 Å². The molecule has 0 radical (unpaired) electrons. The molecule has 0 aliphatic rings. The van der Waals surface area contributed by atoms with Crippen LogP contribution in [0.3, 0.4) is 0 Å². The Balaban J connectivity index is 3.23. The lowest BCUT2D eigenvalue weighted by atomic mass is 10.0. The van der Waals surface area contributed by atoms with E-state index < -0.39 is 80.7 Å². The molecule has 0 saturated heterocycles. The van der Waals surface area contributed by atoms with Crippen molar-refractivity contribution in [2.24, 2.45) is 0 Å². The number of hydrogen-bond acceptors (Lipinski definition) is 4. The van der Waals surface area contributed by atoms with Gasteiger partial charge in [0.15, 0.2) is 0 Å². The predicted molar refractivity (Wildman–Crippen MR) is 65.2 cm³/mol. The summed E-state index contributed by atoms with van der Waals surface area (Å²) in [5, 5.41) is 22.7. The van der Waals surface area contributed by atoms with E-state index in [0.29, 0.717) is 0 Å². The van der Waals surface area contributed by atoms with Gasteiger partial charge in [-0.05, 0) is 12.1 Å². The van der Waals surface area contributed by atoms with Gasteiger partial charge < -0.3 is 0 Å². The van der Waals surface area contributed by atoms with Crippen LogP contribution in [0, 0.1) is 20.2 Å². The second kappa shape index (κ2) is 4.62. The van der Waals surface area contributed by atoms with E-state index in [-0.39, 0.29) is 0 Å². The molecule has 0 atom stereocenters. The van der Waals surface area contributed by atoms with Gasteiger partial charge in [-0.2, -0.15) is 0 Å². The monoisotopic (exact) mass is 252 g/mol. The Morgan fingerprint density at radius 3 is 1.44 bits per heavy atom. The molecule has 6 nitrogen and oxygen atoms in total. The molecule has 2 aromatic carbocycles. The van der Waals surface area contributed by atoms with Crippen LogP contribution in [0.1, 0.15) is 11.0 Å². The van der Waals surface area contributed by atoms with E-state index in [1.807, 2.05) is 0 Å². The summed E-state index contributed by atoms with van der Waals surface area (Å²) in [6.07, 6.45) is 0. The fraction of sp³-hybridized carbons (Fsp3) is 0. The second-order valence-corrected chi connectivity index (χ2v) is 2.96. The quantitative estimate of drug-likeness (QED) is 0.620. The molecule has 0 aliphatic heterocycles. The Labute approximate surface area is 113 Å². The van der Waals surface area contributed by atoms with Gasteiger partial charge in [-0.1, -0.05) is 24.2 Å². The fourth-order valence-corrected chi connectivity index (χ4v) is 1.25. The summed E-state index contributed by atoms with van der Waals surface area (Å²) >= 11 is 0. The van der Waals surface area contributed by atoms with Crippen molar-refractivity contribution < 1.29 is 20.8 Å². The molecule has 6 heteroatoms. The fourth-order valence-electron chi connectivity index (χ4n) is 1.25. The summed E-state index contributed by atoms with van der Waals surface area (Å²) in [7, 11) is 0. The molecule has 90 valence electrons. The molecule has 0 N–H and O–H groups in total. The maximum Gasteiger partial charge on any atom is 0.277 e. The van der Waals surface area contributed by atoms with Crippen molar-refractivity contribution in [3.8, 4) is 11.1 Å². The first-order valence-electron chi connectivity index (χ1n) is 8.43. The lowest BCUT2D eigenvalue weighted by Crippen LogP contribution is -1.95. The summed E-state index contributed by atoms with van der Waals surface area (Å²) in [6, 6.07) is -7.99. The highest BCUT2D eigenvalue weighted by atomic mass is 16.6. The molecule has 2 aromatic rings. The van der Waals surface area contributed by atoms with Crippen LogP contribution in [0.5, 0.6) is 0 Å². The number of hydrogen-bond donors (Lipinski definition) is 0. The van der Waals surface area contributed by atoms with Gasteiger partial charge in [-0.15, -0.1) is 0 Å². The molecule has 0 aromatic heterocycles. The Morgan fingerprint density at radius 2 is 1.11 bits per heavy atom. The van der Waals surface area contributed by atoms with Crippen molar-refractivity contribution in [2.45, 2.75) is 0 Å². The number of rotatable bonds is 3. The number of nitro benzene ring substituents is 2. The van der Waals surface area contributed by atoms with E-state index >= 15 is 0 Å². The minimum Gasteiger partial charge on any atom is -0.258 e. The molecule has 2 rings (SSSR count). The number of nitro groups is 2. The maximum absolute atomic E-state index is 11.4. The van der Waals surface area contributed by atoms with Crippen molar-refractivity contribution in [3.05, 3.63) is 68.6 Å². The molecular formula is C12H8N2O4. The van der Waals surface area contributed by atoms with E-state index in [2.05, 4.69) is 0 Å². The zero-order valence-electron chi connectivity index (χ0n) is 16.5. The summed E-state index contributed by atoms with van der Waals surface area (Å²) in [4.78, 5) is 20.3. The molecule has 0 unspecified atom stereocenters. The molecular weight excluding hydrogens is 236 g/mol. The number of para-hydroxylation sites is 2. The standard InChI is InChI=1S/C12H8N2O4/c15-13(16)11-7-3-1-5-9(11)10-6-2-4-8-12(10)14(17)18/h1-8H/i1D,2D,3D,4D,5D,6D,7D,8D. The smallest absolute Gasteiger partial charge is 0.258 e. The summed E-state index contributed by atoms with van der Waals surface area (Å²) in [5.74, 6) is 0. The highest BCUT2D eigenvalue weighted by Gasteiger charge is 2.21. The minimum atomic E-state index is -1.22. The third kappa shape index (κ3) is 2.03. The van der Waals surface area contributed by atoms with Gasteiger partial charge in [0.1, 0.15) is 0 Å². The van der Waals surface area contributed by atoms with Gasteiger partial charge in [0, 0.05) is 12.1 Å². The van der Waals surface area contributed by atoms with Crippen LogP contribution in [-0.4, -0.2) is 9.85 Å². The average Bonchev–Trinajstić information content (AvgIpc) is 2.56. The van der Waals surface area contributed by atoms with Crippen molar-refractivity contribution in [1.82, 2.24) is 0 Å². The van der Waals surface area contributed by atoms with Gasteiger partial charge in [-0.25, -0.2) is 0 Å². The first kappa shape index (κ1) is 5.26. The molecule has 0 spiro atoms. The van der Waals surface area contributed by atoms with Crippen LogP contribution >= 0.6 is 0 Å². The molecule has 0 amide bonds. The summed E-state index contributed by atoms with van der Waals surface area (Å²) in [5.41, 5.74) is -4.38. The topological polar surface area (TPSA) is 86.3 Å². The highest BCUT2D eigenvalue weighted by Crippen LogP contribution is 2.35. The summed E-state index contributed by atoms with van der Waals surface area (Å²) < 4.78 is 61.3. The Kier molecular flexibility index (Phi) is 1.35. The van der Waals surface area contributed by atoms with Crippen LogP contribution in [-0.2, 0) is 0 Å². The number of benzene rings is 2. The maximum atomic E-state index is 11.4. The third-order valence-electron chi connectivity index (χ3n) is 1.95. The van der Waals surface area contributed by atoms with Gasteiger partial charge >= 0.3 is 0 Å². The summed E-state index contributed by atoms with van der Waals surface area (Å²) in [6.45, 7) is 0. The average molecular weight is 252 g/mol. The van der Waals surface area contributed by atoms with E-state index in [4.69, 9.17) is 11.0 Å². The van der Waals surface area contributed by atoms with Crippen LogP contribution < -0.4 is 0 Å².